The van der Waals surface area contributed by atoms with Crippen molar-refractivity contribution in [2.45, 2.75) is 6.18 Å². The molecule has 0 unspecified atom stereocenters. The van der Waals surface area contributed by atoms with Gasteiger partial charge in [0, 0.05) is 5.56 Å². The fourth-order valence-corrected chi connectivity index (χ4v) is 2.01. The molecule has 0 N–H and O–H groups in total. The van der Waals surface area contributed by atoms with Gasteiger partial charge in [-0.25, -0.2) is 4.39 Å². The van der Waals surface area contributed by atoms with Crippen LogP contribution in [-0.2, 0) is 6.18 Å². The van der Waals surface area contributed by atoms with Crippen molar-refractivity contribution in [3.8, 4) is 5.18 Å². The molecule has 0 spiro atoms. The molecular formula is C11H12F4S. The molecule has 1 aromatic rings. The van der Waals surface area contributed by atoms with Crippen molar-refractivity contribution in [3.05, 3.63) is 35.1 Å². The topological polar surface area (TPSA) is 0 Å². The molecule has 0 aliphatic heterocycles. The minimum absolute atomic E-state index is 0.199. The second-order valence-electron chi connectivity index (χ2n) is 4.13. The fourth-order valence-electron chi connectivity index (χ4n) is 1.18. The lowest BCUT2D eigenvalue weighted by molar-refractivity contribution is -0.137. The maximum atomic E-state index is 12.9. The van der Waals surface area contributed by atoms with Crippen LogP contribution in [0.4, 0.5) is 17.6 Å². The molecule has 0 fully saturated rings. The van der Waals surface area contributed by atoms with Crippen LogP contribution >= 0.6 is 9.44 Å². The molecule has 0 aliphatic carbocycles. The van der Waals surface area contributed by atoms with Gasteiger partial charge in [-0.3, -0.25) is 0 Å². The van der Waals surface area contributed by atoms with E-state index in [1.165, 1.54) is 0 Å². The molecule has 0 saturated carbocycles. The van der Waals surface area contributed by atoms with E-state index in [9.17, 15) is 17.6 Å². The van der Waals surface area contributed by atoms with Gasteiger partial charge < -0.3 is 0 Å². The highest BCUT2D eigenvalue weighted by atomic mass is 32.2. The molecule has 0 nitrogen and oxygen atoms in total. The van der Waals surface area contributed by atoms with E-state index in [0.29, 0.717) is 0 Å². The molecule has 0 amide bonds. The van der Waals surface area contributed by atoms with Gasteiger partial charge >= 0.3 is 6.18 Å². The van der Waals surface area contributed by atoms with Crippen LogP contribution in [0.15, 0.2) is 18.2 Å². The lowest BCUT2D eigenvalue weighted by Gasteiger charge is -2.11. The van der Waals surface area contributed by atoms with Crippen LogP contribution < -0.4 is 0 Å². The second-order valence-corrected chi connectivity index (χ2v) is 8.01. The van der Waals surface area contributed by atoms with Crippen molar-refractivity contribution >= 4 is 9.44 Å². The van der Waals surface area contributed by atoms with E-state index < -0.39 is 27.0 Å². The standard InChI is InChI=1S/C11H12F4S/c1-16(2,3)7-8-6-9(12)4-5-10(8)11(13,14)15/h4-6H,1-3H3. The predicted molar refractivity (Wildman–Crippen MR) is 59.8 cm³/mol. The molecule has 16 heavy (non-hydrogen) atoms. The van der Waals surface area contributed by atoms with Gasteiger partial charge in [0.25, 0.3) is 0 Å². The highest BCUT2D eigenvalue weighted by Crippen LogP contribution is 2.33. The molecule has 0 aromatic heterocycles. The third-order valence-corrected chi connectivity index (χ3v) is 2.54. The molecule has 5 heteroatoms. The Morgan fingerprint density at radius 2 is 1.69 bits per heavy atom. The lowest BCUT2D eigenvalue weighted by Crippen LogP contribution is -2.08. The third kappa shape index (κ3) is 3.58. The van der Waals surface area contributed by atoms with E-state index >= 15 is 0 Å². The van der Waals surface area contributed by atoms with Crippen LogP contribution in [0.3, 0.4) is 0 Å². The van der Waals surface area contributed by atoms with E-state index in [4.69, 9.17) is 0 Å². The zero-order valence-corrected chi connectivity index (χ0v) is 9.97. The molecule has 0 aliphatic rings. The summed E-state index contributed by atoms with van der Waals surface area (Å²) in [4.78, 5) is 0. The van der Waals surface area contributed by atoms with Crippen molar-refractivity contribution in [3.63, 3.8) is 0 Å². The molecule has 0 radical (unpaired) electrons. The molecule has 90 valence electrons. The normalized spacial score (nSPS) is 12.4. The number of halogens is 4. The zero-order chi connectivity index (χ0) is 12.6. The quantitative estimate of drug-likeness (QED) is 0.615. The molecule has 1 rings (SSSR count). The Hall–Kier alpha value is -0.930. The summed E-state index contributed by atoms with van der Waals surface area (Å²) in [5.41, 5.74) is -1.04. The predicted octanol–water partition coefficient (Wildman–Crippen LogP) is 3.85. The summed E-state index contributed by atoms with van der Waals surface area (Å²) >= 11 is 0. The van der Waals surface area contributed by atoms with Gasteiger partial charge in [0.2, 0.25) is 0 Å². The second kappa shape index (κ2) is 4.15. The van der Waals surface area contributed by atoms with Gasteiger partial charge in [0.1, 0.15) is 5.82 Å². The maximum Gasteiger partial charge on any atom is 0.417 e. The molecule has 0 saturated heterocycles. The van der Waals surface area contributed by atoms with E-state index in [1.54, 1.807) is 18.8 Å². The minimum atomic E-state index is -4.47. The molecule has 0 atom stereocenters. The Labute approximate surface area is 92.8 Å². The minimum Gasteiger partial charge on any atom is -0.207 e. The Morgan fingerprint density at radius 1 is 1.12 bits per heavy atom. The first-order valence-electron chi connectivity index (χ1n) is 4.42. The van der Waals surface area contributed by atoms with E-state index in [2.05, 4.69) is 5.18 Å². The Morgan fingerprint density at radius 3 is 2.12 bits per heavy atom. The average molecular weight is 252 g/mol. The summed E-state index contributed by atoms with van der Waals surface area (Å²) in [6.07, 6.45) is 0.898. The Bertz CT molecular complexity index is 494. The number of hydrogen-bond donors (Lipinski definition) is 0. The number of rotatable bonds is 0. The van der Waals surface area contributed by atoms with Gasteiger partial charge in [-0.05, 0) is 37.0 Å². The maximum absolute atomic E-state index is 12.9. The van der Waals surface area contributed by atoms with Crippen LogP contribution in [0.25, 0.3) is 0 Å². The first kappa shape index (κ1) is 13.1. The van der Waals surface area contributed by atoms with Crippen LogP contribution in [0, 0.1) is 11.0 Å². The summed E-state index contributed by atoms with van der Waals surface area (Å²) < 4.78 is 50.7. The first-order valence-corrected chi connectivity index (χ1v) is 7.28. The Balaban J connectivity index is 3.51. The summed E-state index contributed by atoms with van der Waals surface area (Å²) in [5.74, 6) is -0.681. The van der Waals surface area contributed by atoms with Crippen LogP contribution in [0.1, 0.15) is 11.1 Å². The van der Waals surface area contributed by atoms with Gasteiger partial charge in [-0.1, -0.05) is 5.18 Å². The molecular weight excluding hydrogens is 240 g/mol. The van der Waals surface area contributed by atoms with Gasteiger partial charge in [0.15, 0.2) is 0 Å². The molecule has 1 aromatic carbocycles. The Kier molecular flexibility index (Phi) is 3.41. The SMILES string of the molecule is CS(C)(C)#Cc1cc(F)ccc1C(F)(F)F. The van der Waals surface area contributed by atoms with Gasteiger partial charge in [0.05, 0.1) is 5.56 Å². The van der Waals surface area contributed by atoms with Gasteiger partial charge in [-0.15, -0.1) is 0 Å². The number of hydrogen-bond acceptors (Lipinski definition) is 0. The van der Waals surface area contributed by atoms with Crippen molar-refractivity contribution in [1.82, 2.24) is 0 Å². The van der Waals surface area contributed by atoms with Gasteiger partial charge in [-0.2, -0.15) is 22.6 Å². The van der Waals surface area contributed by atoms with Crippen molar-refractivity contribution < 1.29 is 17.6 Å². The smallest absolute Gasteiger partial charge is 0.207 e. The summed E-state index contributed by atoms with van der Waals surface area (Å²) in [6.45, 7) is 0. The van der Waals surface area contributed by atoms with Crippen molar-refractivity contribution in [2.24, 2.45) is 0 Å². The molecule has 0 bridgehead atoms. The monoisotopic (exact) mass is 252 g/mol. The van der Waals surface area contributed by atoms with E-state index in [0.717, 1.165) is 18.2 Å². The van der Waals surface area contributed by atoms with Crippen molar-refractivity contribution in [2.75, 3.05) is 18.8 Å². The van der Waals surface area contributed by atoms with Crippen LogP contribution in [0.2, 0.25) is 0 Å². The molecule has 0 heterocycles. The first-order chi connectivity index (χ1) is 7.09. The van der Waals surface area contributed by atoms with E-state index in [1.807, 2.05) is 0 Å². The zero-order valence-electron chi connectivity index (χ0n) is 9.15. The van der Waals surface area contributed by atoms with Crippen LogP contribution in [0.5, 0.6) is 0 Å². The fraction of sp³-hybridized carbons (Fsp3) is 0.364. The number of benzene rings is 1. The number of alkyl halides is 3. The average Bonchev–Trinajstić information content (AvgIpc) is 1.97. The highest BCUT2D eigenvalue weighted by molar-refractivity contribution is 8.22. The largest absolute Gasteiger partial charge is 0.417 e. The summed E-state index contributed by atoms with van der Waals surface area (Å²) in [5, 5.41) is 2.72. The van der Waals surface area contributed by atoms with Crippen molar-refractivity contribution in [1.29, 1.82) is 0 Å². The third-order valence-electron chi connectivity index (χ3n) is 1.70. The van der Waals surface area contributed by atoms with Crippen LogP contribution in [-0.4, -0.2) is 18.8 Å². The summed E-state index contributed by atoms with van der Waals surface area (Å²) in [7, 11) is -1.39. The van der Waals surface area contributed by atoms with E-state index in [-0.39, 0.29) is 5.56 Å². The highest BCUT2D eigenvalue weighted by Gasteiger charge is 2.33. The lowest BCUT2D eigenvalue weighted by atomic mass is 10.1. The summed E-state index contributed by atoms with van der Waals surface area (Å²) in [6, 6.07) is 2.44.